The molecule has 2 aromatic heterocycles. The van der Waals surface area contributed by atoms with Gasteiger partial charge in [0.25, 0.3) is 0 Å². The van der Waals surface area contributed by atoms with Gasteiger partial charge in [-0.15, -0.1) is 0 Å². The summed E-state index contributed by atoms with van der Waals surface area (Å²) < 4.78 is 6.93. The highest BCUT2D eigenvalue weighted by Gasteiger charge is 2.44. The first kappa shape index (κ1) is 19.3. The molecule has 3 heterocycles. The minimum absolute atomic E-state index is 0.242. The van der Waals surface area contributed by atoms with Crippen molar-refractivity contribution in [3.8, 4) is 0 Å². The summed E-state index contributed by atoms with van der Waals surface area (Å²) >= 11 is 1.57. The van der Waals surface area contributed by atoms with Crippen molar-refractivity contribution in [3.63, 3.8) is 0 Å². The van der Waals surface area contributed by atoms with Crippen LogP contribution in [0.4, 0.5) is 0 Å². The van der Waals surface area contributed by atoms with Crippen molar-refractivity contribution in [3.05, 3.63) is 48.5 Å². The van der Waals surface area contributed by atoms with E-state index in [0.717, 1.165) is 5.56 Å². The number of imidazole rings is 1. The van der Waals surface area contributed by atoms with Crippen LogP contribution in [0.25, 0.3) is 11.2 Å². The second-order valence-corrected chi connectivity index (χ2v) is 8.82. The molecule has 0 spiro atoms. The minimum Gasteiger partial charge on any atom is -0.394 e. The normalized spacial score (nSPS) is 25.5. The number of fused-ring (bicyclic) bond motifs is 1. The molecule has 8 nitrogen and oxygen atoms in total. The lowest BCUT2D eigenvalue weighted by atomic mass is 10.0. The molecule has 4 atom stereocenters. The molecule has 1 saturated heterocycles. The fraction of sp³-hybridized carbons (Fsp3) is 0.421. The topological polar surface area (TPSA) is 114 Å². The van der Waals surface area contributed by atoms with Crippen LogP contribution in [0.3, 0.4) is 0 Å². The van der Waals surface area contributed by atoms with Crippen LogP contribution in [-0.4, -0.2) is 59.8 Å². The number of rotatable bonds is 5. The largest absolute Gasteiger partial charge is 0.394 e. The summed E-state index contributed by atoms with van der Waals surface area (Å²) in [6.45, 7) is 3.84. The number of hydrogen-bond donors (Lipinski definition) is 3. The van der Waals surface area contributed by atoms with Gasteiger partial charge in [-0.1, -0.05) is 42.1 Å². The van der Waals surface area contributed by atoms with Crippen LogP contribution >= 0.6 is 11.8 Å². The van der Waals surface area contributed by atoms with Crippen molar-refractivity contribution in [1.29, 1.82) is 0 Å². The highest BCUT2D eigenvalue weighted by molar-refractivity contribution is 8.00. The summed E-state index contributed by atoms with van der Waals surface area (Å²) in [4.78, 5) is 13.1. The molecule has 0 radical (unpaired) electrons. The molecular weight excluding hydrogens is 380 g/mol. The van der Waals surface area contributed by atoms with E-state index in [1.54, 1.807) is 16.3 Å². The van der Waals surface area contributed by atoms with Gasteiger partial charge in [0.15, 0.2) is 11.9 Å². The van der Waals surface area contributed by atoms with E-state index in [4.69, 9.17) is 4.74 Å². The van der Waals surface area contributed by atoms with Gasteiger partial charge >= 0.3 is 0 Å². The van der Waals surface area contributed by atoms with E-state index in [-0.39, 0.29) is 11.4 Å². The smallest absolute Gasteiger partial charge is 0.166 e. The van der Waals surface area contributed by atoms with E-state index in [2.05, 4.69) is 40.9 Å². The number of nitrogens with zero attached hydrogens (tertiary/aromatic N) is 4. The quantitative estimate of drug-likeness (QED) is 0.434. The molecule has 4 rings (SSSR count). The number of benzene rings is 1. The second-order valence-electron chi connectivity index (χ2n) is 7.21. The Kier molecular flexibility index (Phi) is 5.11. The predicted octanol–water partition coefficient (Wildman–Crippen LogP) is 1.47. The van der Waals surface area contributed by atoms with E-state index >= 15 is 0 Å². The molecule has 0 unspecified atom stereocenters. The monoisotopic (exact) mass is 402 g/mol. The molecule has 0 amide bonds. The highest BCUT2D eigenvalue weighted by Crippen LogP contribution is 2.42. The maximum absolute atomic E-state index is 10.3. The summed E-state index contributed by atoms with van der Waals surface area (Å²) in [6, 6.07) is 10.1. The number of aromatic nitrogens is 4. The lowest BCUT2D eigenvalue weighted by molar-refractivity contribution is -0.0511. The van der Waals surface area contributed by atoms with Gasteiger partial charge in [-0.05, 0) is 19.4 Å². The number of hydrogen-bond acceptors (Lipinski definition) is 8. The van der Waals surface area contributed by atoms with Gasteiger partial charge < -0.3 is 20.1 Å². The number of ether oxygens (including phenoxy) is 1. The van der Waals surface area contributed by atoms with Gasteiger partial charge in [-0.2, -0.15) is 0 Å². The molecule has 1 aromatic carbocycles. The molecule has 9 heteroatoms. The first-order chi connectivity index (χ1) is 13.4. The molecule has 1 aliphatic rings. The molecule has 3 aromatic rings. The van der Waals surface area contributed by atoms with Crippen LogP contribution in [0.5, 0.6) is 0 Å². The van der Waals surface area contributed by atoms with E-state index in [9.17, 15) is 15.3 Å². The lowest BCUT2D eigenvalue weighted by Crippen LogP contribution is -2.33. The Morgan fingerprint density at radius 3 is 2.54 bits per heavy atom. The van der Waals surface area contributed by atoms with Crippen LogP contribution in [0.15, 0.2) is 48.0 Å². The van der Waals surface area contributed by atoms with Crippen LogP contribution < -0.4 is 0 Å². The van der Waals surface area contributed by atoms with Crippen molar-refractivity contribution in [2.24, 2.45) is 0 Å². The van der Waals surface area contributed by atoms with Gasteiger partial charge in [0.2, 0.25) is 0 Å². The number of thioether (sulfide) groups is 1. The molecule has 148 valence electrons. The average molecular weight is 402 g/mol. The zero-order valence-corrected chi connectivity index (χ0v) is 16.3. The first-order valence-corrected chi connectivity index (χ1v) is 9.78. The Hall–Kier alpha value is -2.04. The van der Waals surface area contributed by atoms with Crippen molar-refractivity contribution < 1.29 is 20.1 Å². The van der Waals surface area contributed by atoms with E-state index in [1.165, 1.54) is 12.7 Å². The van der Waals surface area contributed by atoms with E-state index in [1.807, 2.05) is 18.2 Å². The summed E-state index contributed by atoms with van der Waals surface area (Å²) in [5.74, 6) is 0. The number of aliphatic hydroxyl groups is 3. The SMILES string of the molecule is CC(C)(Sc1ncnc2c1ncn2[C@@H]1O[C@H](CO)[C@@H](O)[C@H]1O)c1ccccc1. The van der Waals surface area contributed by atoms with Crippen molar-refractivity contribution >= 4 is 22.9 Å². The molecule has 0 aliphatic carbocycles. The van der Waals surface area contributed by atoms with Crippen molar-refractivity contribution in [1.82, 2.24) is 19.5 Å². The minimum atomic E-state index is -1.19. The lowest BCUT2D eigenvalue weighted by Gasteiger charge is -2.24. The van der Waals surface area contributed by atoms with E-state index < -0.39 is 24.5 Å². The van der Waals surface area contributed by atoms with Gasteiger partial charge in [0, 0.05) is 4.75 Å². The fourth-order valence-corrected chi connectivity index (χ4v) is 4.42. The first-order valence-electron chi connectivity index (χ1n) is 8.97. The summed E-state index contributed by atoms with van der Waals surface area (Å²) in [6.07, 6.45) is -1.15. The third kappa shape index (κ3) is 3.29. The Bertz CT molecular complexity index is 965. The van der Waals surface area contributed by atoms with Crippen LogP contribution in [0.2, 0.25) is 0 Å². The molecular formula is C19H22N4O4S. The summed E-state index contributed by atoms with van der Waals surface area (Å²) in [5.41, 5.74) is 2.25. The van der Waals surface area contributed by atoms with Crippen LogP contribution in [-0.2, 0) is 9.48 Å². The predicted molar refractivity (Wildman–Crippen MR) is 104 cm³/mol. The standard InChI is InChI=1S/C19H22N4O4S/c1-19(2,11-6-4-3-5-7-11)28-17-13-16(20-9-21-17)23(10-22-13)18-15(26)14(25)12(8-24)27-18/h3-7,9-10,12,14-15,18,24-26H,8H2,1-2H3/t12-,14-,15-,18-/m1/s1. The van der Waals surface area contributed by atoms with Crippen molar-refractivity contribution in [2.45, 2.75) is 48.2 Å². The van der Waals surface area contributed by atoms with Crippen LogP contribution in [0, 0.1) is 0 Å². The Labute approximate surface area is 166 Å². The van der Waals surface area contributed by atoms with Gasteiger partial charge in [-0.3, -0.25) is 4.57 Å². The Morgan fingerprint density at radius 2 is 1.86 bits per heavy atom. The Morgan fingerprint density at radius 1 is 1.11 bits per heavy atom. The third-order valence-electron chi connectivity index (χ3n) is 4.94. The second kappa shape index (κ2) is 7.41. The van der Waals surface area contributed by atoms with Crippen molar-refractivity contribution in [2.75, 3.05) is 6.61 Å². The maximum atomic E-state index is 10.3. The molecule has 3 N–H and O–H groups in total. The maximum Gasteiger partial charge on any atom is 0.166 e. The van der Waals surface area contributed by atoms with E-state index in [0.29, 0.717) is 16.2 Å². The summed E-state index contributed by atoms with van der Waals surface area (Å²) in [5, 5.41) is 30.4. The fourth-order valence-electron chi connectivity index (χ4n) is 3.34. The summed E-state index contributed by atoms with van der Waals surface area (Å²) in [7, 11) is 0. The molecule has 1 aliphatic heterocycles. The third-order valence-corrected chi connectivity index (χ3v) is 6.18. The van der Waals surface area contributed by atoms with Crippen LogP contribution in [0.1, 0.15) is 25.6 Å². The van der Waals surface area contributed by atoms with Gasteiger partial charge in [0.1, 0.15) is 35.2 Å². The molecule has 1 fully saturated rings. The highest BCUT2D eigenvalue weighted by atomic mass is 32.2. The zero-order chi connectivity index (χ0) is 19.9. The average Bonchev–Trinajstić information content (AvgIpc) is 3.24. The molecule has 0 saturated carbocycles. The zero-order valence-electron chi connectivity index (χ0n) is 15.5. The van der Waals surface area contributed by atoms with Gasteiger partial charge in [-0.25, -0.2) is 15.0 Å². The molecule has 28 heavy (non-hydrogen) atoms. The van der Waals surface area contributed by atoms with Gasteiger partial charge in [0.05, 0.1) is 12.9 Å². The molecule has 0 bridgehead atoms. The number of aliphatic hydroxyl groups excluding tert-OH is 3. The Balaban J connectivity index is 1.68.